The molecule has 1 saturated carbocycles. The number of aromatic nitrogens is 1. The highest BCUT2D eigenvalue weighted by Crippen LogP contribution is 2.23. The summed E-state index contributed by atoms with van der Waals surface area (Å²) in [5, 5.41) is 10.6. The van der Waals surface area contributed by atoms with Gasteiger partial charge in [-0.05, 0) is 25.7 Å². The van der Waals surface area contributed by atoms with Crippen molar-refractivity contribution in [1.29, 1.82) is 0 Å². The molecule has 1 aliphatic carbocycles. The molecule has 3 N–H and O–H groups in total. The number of nitro groups is 1. The predicted molar refractivity (Wildman–Crippen MR) is 69.8 cm³/mol. The molecule has 0 unspecified atom stereocenters. The van der Waals surface area contributed by atoms with Crippen LogP contribution in [0.1, 0.15) is 36.2 Å². The first-order chi connectivity index (χ1) is 8.99. The van der Waals surface area contributed by atoms with E-state index in [-0.39, 0.29) is 29.4 Å². The maximum Gasteiger partial charge on any atom is 0.287 e. The lowest BCUT2D eigenvalue weighted by molar-refractivity contribution is -0.384. The Balaban J connectivity index is 2.03. The number of carbonyl (C=O) groups excluding carboxylic acids is 1. The molecule has 7 nitrogen and oxygen atoms in total. The van der Waals surface area contributed by atoms with Crippen molar-refractivity contribution >= 4 is 11.6 Å². The lowest BCUT2D eigenvalue weighted by Crippen LogP contribution is -2.41. The van der Waals surface area contributed by atoms with E-state index in [1.54, 1.807) is 11.9 Å². The molecular weight excluding hydrogens is 248 g/mol. The Morgan fingerprint density at radius 3 is 2.63 bits per heavy atom. The Labute approximate surface area is 110 Å². The minimum absolute atomic E-state index is 0.0950. The first-order valence-electron chi connectivity index (χ1n) is 6.34. The van der Waals surface area contributed by atoms with E-state index in [1.165, 1.54) is 12.3 Å². The van der Waals surface area contributed by atoms with E-state index in [1.807, 2.05) is 0 Å². The number of hydrogen-bond acceptors (Lipinski definition) is 4. The van der Waals surface area contributed by atoms with Gasteiger partial charge in [0.15, 0.2) is 0 Å². The van der Waals surface area contributed by atoms with Gasteiger partial charge in [0.2, 0.25) is 0 Å². The summed E-state index contributed by atoms with van der Waals surface area (Å²) in [5.41, 5.74) is 6.00. The van der Waals surface area contributed by atoms with E-state index >= 15 is 0 Å². The molecule has 0 atom stereocenters. The lowest BCUT2D eigenvalue weighted by Gasteiger charge is -2.33. The molecule has 19 heavy (non-hydrogen) atoms. The van der Waals surface area contributed by atoms with E-state index in [4.69, 9.17) is 5.73 Å². The maximum atomic E-state index is 12.2. The van der Waals surface area contributed by atoms with Crippen LogP contribution < -0.4 is 5.73 Å². The summed E-state index contributed by atoms with van der Waals surface area (Å²) in [6.45, 7) is 0. The van der Waals surface area contributed by atoms with Crippen LogP contribution in [0.2, 0.25) is 0 Å². The van der Waals surface area contributed by atoms with Crippen LogP contribution in [0.25, 0.3) is 0 Å². The van der Waals surface area contributed by atoms with E-state index < -0.39 is 4.92 Å². The molecule has 0 aromatic carbocycles. The summed E-state index contributed by atoms with van der Waals surface area (Å²) >= 11 is 0. The highest BCUT2D eigenvalue weighted by atomic mass is 16.6. The number of amides is 1. The third-order valence-electron chi connectivity index (χ3n) is 3.72. The number of H-pyrrole nitrogens is 1. The second kappa shape index (κ2) is 5.40. The van der Waals surface area contributed by atoms with Crippen molar-refractivity contribution in [2.45, 2.75) is 37.8 Å². The van der Waals surface area contributed by atoms with Gasteiger partial charge in [-0.15, -0.1) is 0 Å². The summed E-state index contributed by atoms with van der Waals surface area (Å²) in [4.78, 5) is 26.6. The fourth-order valence-corrected chi connectivity index (χ4v) is 2.46. The Morgan fingerprint density at radius 2 is 2.11 bits per heavy atom. The molecule has 0 bridgehead atoms. The molecule has 2 rings (SSSR count). The lowest BCUT2D eigenvalue weighted by atomic mass is 9.91. The molecule has 0 saturated heterocycles. The van der Waals surface area contributed by atoms with Crippen LogP contribution in [-0.2, 0) is 0 Å². The van der Waals surface area contributed by atoms with E-state index in [0.717, 1.165) is 25.7 Å². The third-order valence-corrected chi connectivity index (χ3v) is 3.72. The van der Waals surface area contributed by atoms with Gasteiger partial charge in [0.05, 0.1) is 11.1 Å². The van der Waals surface area contributed by atoms with Crippen LogP contribution in [0.4, 0.5) is 5.69 Å². The smallest absolute Gasteiger partial charge is 0.287 e. The molecule has 1 aliphatic rings. The molecule has 1 fully saturated rings. The van der Waals surface area contributed by atoms with Gasteiger partial charge in [-0.3, -0.25) is 14.9 Å². The zero-order valence-electron chi connectivity index (χ0n) is 10.8. The first kappa shape index (κ1) is 13.5. The van der Waals surface area contributed by atoms with Crippen LogP contribution in [0.5, 0.6) is 0 Å². The van der Waals surface area contributed by atoms with Gasteiger partial charge >= 0.3 is 0 Å². The topological polar surface area (TPSA) is 105 Å². The van der Waals surface area contributed by atoms with Crippen LogP contribution in [0.3, 0.4) is 0 Å². The zero-order chi connectivity index (χ0) is 14.0. The normalized spacial score (nSPS) is 23.1. The molecule has 1 amide bonds. The number of nitrogens with one attached hydrogen (secondary N) is 1. The van der Waals surface area contributed by atoms with Gasteiger partial charge in [0.1, 0.15) is 5.69 Å². The summed E-state index contributed by atoms with van der Waals surface area (Å²) < 4.78 is 0. The zero-order valence-corrected chi connectivity index (χ0v) is 10.8. The molecule has 0 spiro atoms. The fraction of sp³-hybridized carbons (Fsp3) is 0.583. The maximum absolute atomic E-state index is 12.2. The molecule has 1 heterocycles. The number of hydrogen-bond donors (Lipinski definition) is 2. The molecule has 1 aromatic heterocycles. The Bertz CT molecular complexity index is 477. The number of aromatic amines is 1. The Hall–Kier alpha value is -1.89. The highest BCUT2D eigenvalue weighted by Gasteiger charge is 2.27. The van der Waals surface area contributed by atoms with Gasteiger partial charge in [-0.1, -0.05) is 0 Å². The number of nitrogens with two attached hydrogens (primary N) is 1. The third kappa shape index (κ3) is 2.93. The number of rotatable bonds is 3. The summed E-state index contributed by atoms with van der Waals surface area (Å²) in [5.74, 6) is -0.214. The van der Waals surface area contributed by atoms with Crippen molar-refractivity contribution in [2.24, 2.45) is 5.73 Å². The van der Waals surface area contributed by atoms with Crippen molar-refractivity contribution in [3.63, 3.8) is 0 Å². The van der Waals surface area contributed by atoms with Crippen LogP contribution in [-0.4, -0.2) is 39.8 Å². The minimum atomic E-state index is -0.521. The van der Waals surface area contributed by atoms with E-state index in [9.17, 15) is 14.9 Å². The number of carbonyl (C=O) groups is 1. The van der Waals surface area contributed by atoms with E-state index in [0.29, 0.717) is 0 Å². The van der Waals surface area contributed by atoms with Gasteiger partial charge < -0.3 is 15.6 Å². The van der Waals surface area contributed by atoms with Crippen molar-refractivity contribution in [2.75, 3.05) is 7.05 Å². The van der Waals surface area contributed by atoms with Gasteiger partial charge in [0, 0.05) is 25.2 Å². The predicted octanol–water partition coefficient (Wildman–Crippen LogP) is 1.26. The molecule has 0 aliphatic heterocycles. The second-order valence-corrected chi connectivity index (χ2v) is 5.01. The van der Waals surface area contributed by atoms with Crippen molar-refractivity contribution in [3.8, 4) is 0 Å². The summed E-state index contributed by atoms with van der Waals surface area (Å²) in [6, 6.07) is 1.66. The minimum Gasteiger partial charge on any atom is -0.351 e. The molecule has 1 aromatic rings. The quantitative estimate of drug-likeness (QED) is 0.634. The van der Waals surface area contributed by atoms with Gasteiger partial charge in [-0.25, -0.2) is 0 Å². The number of nitrogens with zero attached hydrogens (tertiary/aromatic N) is 2. The van der Waals surface area contributed by atoms with Gasteiger partial charge in [0.25, 0.3) is 11.6 Å². The summed E-state index contributed by atoms with van der Waals surface area (Å²) in [7, 11) is 1.73. The van der Waals surface area contributed by atoms with Crippen LogP contribution in [0, 0.1) is 10.1 Å². The van der Waals surface area contributed by atoms with Crippen molar-refractivity contribution in [3.05, 3.63) is 28.1 Å². The average Bonchev–Trinajstić information content (AvgIpc) is 2.87. The molecule has 7 heteroatoms. The van der Waals surface area contributed by atoms with Crippen LogP contribution >= 0.6 is 0 Å². The molecule has 0 radical (unpaired) electrons. The Morgan fingerprint density at radius 1 is 1.47 bits per heavy atom. The fourth-order valence-electron chi connectivity index (χ4n) is 2.46. The molecule has 104 valence electrons. The monoisotopic (exact) mass is 266 g/mol. The highest BCUT2D eigenvalue weighted by molar-refractivity contribution is 5.93. The average molecular weight is 266 g/mol. The largest absolute Gasteiger partial charge is 0.351 e. The standard InChI is InChI=1S/C12H18N4O3/c1-15(9-4-2-8(13)3-5-9)12(17)11-6-10(7-14-11)16(18)19/h6-9,14H,2-5,13H2,1H3. The second-order valence-electron chi connectivity index (χ2n) is 5.01. The van der Waals surface area contributed by atoms with Crippen molar-refractivity contribution < 1.29 is 9.72 Å². The summed E-state index contributed by atoms with van der Waals surface area (Å²) in [6.07, 6.45) is 4.82. The van der Waals surface area contributed by atoms with E-state index in [2.05, 4.69) is 4.98 Å². The molecular formula is C12H18N4O3. The van der Waals surface area contributed by atoms with Gasteiger partial charge in [-0.2, -0.15) is 0 Å². The van der Waals surface area contributed by atoms with Crippen LogP contribution in [0.15, 0.2) is 12.3 Å². The van der Waals surface area contributed by atoms with Crippen molar-refractivity contribution in [1.82, 2.24) is 9.88 Å². The Kier molecular flexibility index (Phi) is 3.84. The SMILES string of the molecule is CN(C(=O)c1cc([N+](=O)[O-])c[nH]1)C1CCC(N)CC1. The first-order valence-corrected chi connectivity index (χ1v) is 6.34.